The highest BCUT2D eigenvalue weighted by atomic mass is 79.9. The molecular formula is C15H19BrN2O. The van der Waals surface area contributed by atoms with Gasteiger partial charge in [0.25, 0.3) is 0 Å². The van der Waals surface area contributed by atoms with Crippen molar-refractivity contribution in [1.29, 1.82) is 0 Å². The van der Waals surface area contributed by atoms with Crippen molar-refractivity contribution in [2.75, 3.05) is 18.5 Å². The number of benzene rings is 1. The fourth-order valence-electron chi connectivity index (χ4n) is 2.18. The number of nitrogens with zero attached hydrogens (tertiary/aromatic N) is 1. The number of aliphatic hydroxyl groups excluding tert-OH is 1. The average molecular weight is 323 g/mol. The number of nitrogens with one attached hydrogen (secondary N) is 1. The lowest BCUT2D eigenvalue weighted by Gasteiger charge is -2.16. The van der Waals surface area contributed by atoms with Gasteiger partial charge in [0.2, 0.25) is 0 Å². The Bertz CT molecular complexity index is 545. The van der Waals surface area contributed by atoms with Crippen molar-refractivity contribution >= 4 is 32.5 Å². The number of aromatic nitrogens is 1. The number of fused-ring (bicyclic) bond motifs is 1. The zero-order valence-corrected chi connectivity index (χ0v) is 12.7. The number of hydrogen-bond acceptors (Lipinski definition) is 3. The normalized spacial score (nSPS) is 12.6. The summed E-state index contributed by atoms with van der Waals surface area (Å²) in [6, 6.07) is 8.13. The van der Waals surface area contributed by atoms with Crippen LogP contribution >= 0.6 is 15.9 Å². The van der Waals surface area contributed by atoms with Crippen molar-refractivity contribution in [2.24, 2.45) is 5.92 Å². The third-order valence-corrected chi connectivity index (χ3v) is 4.12. The molecule has 0 aliphatic carbocycles. The van der Waals surface area contributed by atoms with Crippen LogP contribution in [-0.2, 0) is 0 Å². The van der Waals surface area contributed by atoms with Crippen molar-refractivity contribution < 1.29 is 5.11 Å². The molecule has 1 atom stereocenters. The van der Waals surface area contributed by atoms with Gasteiger partial charge in [-0.05, 0) is 24.5 Å². The molecule has 2 rings (SSSR count). The van der Waals surface area contributed by atoms with Crippen LogP contribution in [0.2, 0.25) is 0 Å². The minimum atomic E-state index is 0.245. The molecule has 2 N–H and O–H groups in total. The van der Waals surface area contributed by atoms with Gasteiger partial charge in [-0.3, -0.25) is 0 Å². The van der Waals surface area contributed by atoms with Crippen LogP contribution in [0.5, 0.6) is 0 Å². The molecule has 1 aromatic carbocycles. The summed E-state index contributed by atoms with van der Waals surface area (Å²) in [6.45, 7) is 3.24. The highest BCUT2D eigenvalue weighted by Crippen LogP contribution is 2.27. The van der Waals surface area contributed by atoms with E-state index in [1.54, 1.807) is 0 Å². The molecule has 0 saturated heterocycles. The largest absolute Gasteiger partial charge is 0.396 e. The highest BCUT2D eigenvalue weighted by Gasteiger charge is 2.08. The molecule has 0 aliphatic heterocycles. The molecule has 1 unspecified atom stereocenters. The molecule has 2 aromatic rings. The maximum Gasteiger partial charge on any atom is 0.133 e. The van der Waals surface area contributed by atoms with Crippen LogP contribution in [0.1, 0.15) is 19.8 Å². The molecule has 1 aromatic heterocycles. The topological polar surface area (TPSA) is 45.1 Å². The Morgan fingerprint density at radius 1 is 1.32 bits per heavy atom. The van der Waals surface area contributed by atoms with E-state index in [2.05, 4.69) is 39.2 Å². The minimum absolute atomic E-state index is 0.245. The Kier molecular flexibility index (Phi) is 5.16. The molecule has 0 fully saturated rings. The van der Waals surface area contributed by atoms with E-state index >= 15 is 0 Å². The molecule has 0 bridgehead atoms. The fourth-order valence-corrected chi connectivity index (χ4v) is 2.68. The van der Waals surface area contributed by atoms with Crippen LogP contribution < -0.4 is 5.32 Å². The zero-order valence-electron chi connectivity index (χ0n) is 11.1. The molecular weight excluding hydrogens is 304 g/mol. The van der Waals surface area contributed by atoms with Crippen LogP contribution in [0, 0.1) is 5.92 Å². The van der Waals surface area contributed by atoms with Gasteiger partial charge in [0.15, 0.2) is 0 Å². The van der Waals surface area contributed by atoms with E-state index in [0.29, 0.717) is 5.92 Å². The van der Waals surface area contributed by atoms with Crippen LogP contribution in [0.15, 0.2) is 34.9 Å². The summed E-state index contributed by atoms with van der Waals surface area (Å²) in [5, 5.41) is 14.7. The van der Waals surface area contributed by atoms with Crippen LogP contribution in [0.25, 0.3) is 10.8 Å². The van der Waals surface area contributed by atoms with Gasteiger partial charge in [-0.1, -0.05) is 41.4 Å². The quantitative estimate of drug-likeness (QED) is 0.849. The van der Waals surface area contributed by atoms with Gasteiger partial charge in [0, 0.05) is 34.6 Å². The predicted octanol–water partition coefficient (Wildman–Crippen LogP) is 3.82. The first-order chi connectivity index (χ1) is 9.26. The summed E-state index contributed by atoms with van der Waals surface area (Å²) >= 11 is 3.56. The first-order valence-electron chi connectivity index (χ1n) is 6.64. The highest BCUT2D eigenvalue weighted by molar-refractivity contribution is 9.10. The summed E-state index contributed by atoms with van der Waals surface area (Å²) in [5.74, 6) is 1.39. The molecule has 0 aliphatic rings. The lowest BCUT2D eigenvalue weighted by molar-refractivity contribution is 0.258. The van der Waals surface area contributed by atoms with Crippen molar-refractivity contribution in [2.45, 2.75) is 19.8 Å². The summed E-state index contributed by atoms with van der Waals surface area (Å²) in [4.78, 5) is 4.42. The lowest BCUT2D eigenvalue weighted by Crippen LogP contribution is -2.15. The number of halogens is 1. The van der Waals surface area contributed by atoms with Crippen molar-refractivity contribution in [1.82, 2.24) is 4.98 Å². The van der Waals surface area contributed by atoms with Gasteiger partial charge in [0.05, 0.1) is 0 Å². The number of rotatable bonds is 6. The number of anilines is 1. The van der Waals surface area contributed by atoms with Crippen LogP contribution in [0.4, 0.5) is 5.82 Å². The third kappa shape index (κ3) is 3.45. The Morgan fingerprint density at radius 2 is 2.16 bits per heavy atom. The standard InChI is InChI=1S/C15H19BrN2O/c1-2-11(7-9-19)10-18-15-13-4-3-5-14(16)12(13)6-8-17-15/h3-6,8,11,19H,2,7,9-10H2,1H3,(H,17,18). The molecule has 19 heavy (non-hydrogen) atoms. The zero-order chi connectivity index (χ0) is 13.7. The van der Waals surface area contributed by atoms with Crippen molar-refractivity contribution in [3.63, 3.8) is 0 Å². The van der Waals surface area contributed by atoms with E-state index in [0.717, 1.165) is 40.4 Å². The van der Waals surface area contributed by atoms with Gasteiger partial charge in [-0.25, -0.2) is 4.98 Å². The first kappa shape index (κ1) is 14.3. The maximum atomic E-state index is 9.02. The SMILES string of the molecule is CCC(CCO)CNc1nccc2c(Br)cccc12. The van der Waals surface area contributed by atoms with Gasteiger partial charge in [-0.2, -0.15) is 0 Å². The fraction of sp³-hybridized carbons (Fsp3) is 0.400. The van der Waals surface area contributed by atoms with E-state index in [1.807, 2.05) is 24.4 Å². The van der Waals surface area contributed by atoms with Gasteiger partial charge < -0.3 is 10.4 Å². The third-order valence-electron chi connectivity index (χ3n) is 3.43. The van der Waals surface area contributed by atoms with Crippen molar-refractivity contribution in [3.8, 4) is 0 Å². The summed E-state index contributed by atoms with van der Waals surface area (Å²) in [5.41, 5.74) is 0. The van der Waals surface area contributed by atoms with E-state index in [9.17, 15) is 0 Å². The minimum Gasteiger partial charge on any atom is -0.396 e. The van der Waals surface area contributed by atoms with E-state index < -0.39 is 0 Å². The van der Waals surface area contributed by atoms with Crippen molar-refractivity contribution in [3.05, 3.63) is 34.9 Å². The molecule has 0 radical (unpaired) electrons. The summed E-state index contributed by atoms with van der Waals surface area (Å²) < 4.78 is 1.08. The predicted molar refractivity (Wildman–Crippen MR) is 83.4 cm³/mol. The second-order valence-corrected chi connectivity index (χ2v) is 5.52. The molecule has 0 saturated carbocycles. The van der Waals surface area contributed by atoms with E-state index in [-0.39, 0.29) is 6.61 Å². The number of pyridine rings is 1. The average Bonchev–Trinajstić information content (AvgIpc) is 2.44. The Balaban J connectivity index is 2.19. The Morgan fingerprint density at radius 3 is 2.89 bits per heavy atom. The Labute approximate surface area is 122 Å². The molecule has 0 spiro atoms. The van der Waals surface area contributed by atoms with Gasteiger partial charge >= 0.3 is 0 Å². The molecule has 102 valence electrons. The second-order valence-electron chi connectivity index (χ2n) is 4.66. The maximum absolute atomic E-state index is 9.02. The molecule has 4 heteroatoms. The Hall–Kier alpha value is -1.13. The number of hydrogen-bond donors (Lipinski definition) is 2. The molecule has 0 amide bonds. The second kappa shape index (κ2) is 6.87. The van der Waals surface area contributed by atoms with Gasteiger partial charge in [-0.15, -0.1) is 0 Å². The van der Waals surface area contributed by atoms with E-state index in [1.165, 1.54) is 0 Å². The smallest absolute Gasteiger partial charge is 0.133 e. The van der Waals surface area contributed by atoms with E-state index in [4.69, 9.17) is 5.11 Å². The van der Waals surface area contributed by atoms with Crippen LogP contribution in [0.3, 0.4) is 0 Å². The number of aliphatic hydroxyl groups is 1. The summed E-state index contributed by atoms with van der Waals surface area (Å²) in [6.07, 6.45) is 3.71. The molecule has 3 nitrogen and oxygen atoms in total. The summed E-state index contributed by atoms with van der Waals surface area (Å²) in [7, 11) is 0. The molecule has 1 heterocycles. The monoisotopic (exact) mass is 322 g/mol. The lowest BCUT2D eigenvalue weighted by atomic mass is 10.0. The van der Waals surface area contributed by atoms with Gasteiger partial charge in [0.1, 0.15) is 5.82 Å². The van der Waals surface area contributed by atoms with Crippen LogP contribution in [-0.4, -0.2) is 23.2 Å². The first-order valence-corrected chi connectivity index (χ1v) is 7.43.